The van der Waals surface area contributed by atoms with E-state index >= 15 is 0 Å². The third-order valence-electron chi connectivity index (χ3n) is 5.37. The summed E-state index contributed by atoms with van der Waals surface area (Å²) in [5.74, 6) is -1.48. The molecule has 1 saturated heterocycles. The van der Waals surface area contributed by atoms with Crippen LogP contribution in [0, 0.1) is 5.41 Å². The van der Waals surface area contributed by atoms with Gasteiger partial charge in [0.2, 0.25) is 0 Å². The molecule has 0 radical (unpaired) electrons. The fraction of sp³-hybridized carbons (Fsp3) is 0.348. The molecule has 0 spiro atoms. The zero-order valence-corrected chi connectivity index (χ0v) is 18.3. The van der Waals surface area contributed by atoms with Gasteiger partial charge in [-0.1, -0.05) is 31.2 Å². The van der Waals surface area contributed by atoms with Gasteiger partial charge < -0.3 is 19.7 Å². The maximum atomic E-state index is 12.8. The van der Waals surface area contributed by atoms with Crippen LogP contribution in [0.1, 0.15) is 17.3 Å². The Labute approximate surface area is 186 Å². The van der Waals surface area contributed by atoms with Crippen molar-refractivity contribution in [1.29, 1.82) is 0 Å². The highest BCUT2D eigenvalue weighted by molar-refractivity contribution is 6.08. The van der Waals surface area contributed by atoms with Crippen molar-refractivity contribution < 1.29 is 29.1 Å². The molecule has 3 amide bonds. The van der Waals surface area contributed by atoms with E-state index in [1.807, 2.05) is 24.3 Å². The molecular formula is C23H27N3O6. The molecule has 0 saturated carbocycles. The first kappa shape index (κ1) is 23.2. The molecule has 1 aliphatic rings. The Hall–Kier alpha value is -3.43. The number of carbonyl (C=O) groups is 3. The second kappa shape index (κ2) is 9.80. The van der Waals surface area contributed by atoms with Gasteiger partial charge >= 0.3 is 0 Å². The predicted molar refractivity (Wildman–Crippen MR) is 116 cm³/mol. The standard InChI is InChI=1S/C23H27N3O6/c1-23(12-31-13-23)14-32-18-10-8-16(9-11-18)15-4-6-17(7-5-15)22(29)26(3)19(20(27)24-2)21(28)25-30/h4-11,19,30H,12-14H2,1-3H3,(H,24,27)(H,25,28). The zero-order valence-electron chi connectivity index (χ0n) is 18.3. The second-order valence-electron chi connectivity index (χ2n) is 8.10. The molecule has 170 valence electrons. The van der Waals surface area contributed by atoms with Gasteiger partial charge in [0.1, 0.15) is 5.75 Å². The lowest BCUT2D eigenvalue weighted by Crippen LogP contribution is -2.54. The van der Waals surface area contributed by atoms with Crippen molar-refractivity contribution in [1.82, 2.24) is 15.7 Å². The molecule has 0 bridgehead atoms. The van der Waals surface area contributed by atoms with Crippen LogP contribution in [0.2, 0.25) is 0 Å². The average molecular weight is 441 g/mol. The summed E-state index contributed by atoms with van der Waals surface area (Å²) in [6, 6.07) is 13.0. The lowest BCUT2D eigenvalue weighted by Gasteiger charge is -2.37. The molecule has 0 aromatic heterocycles. The quantitative estimate of drug-likeness (QED) is 0.324. The normalized spacial score (nSPS) is 15.1. The SMILES string of the molecule is CNC(=O)C(C(=O)NO)N(C)C(=O)c1ccc(-c2ccc(OCC3(C)COC3)cc2)cc1. The van der Waals surface area contributed by atoms with Gasteiger partial charge in [0, 0.05) is 25.1 Å². The van der Waals surface area contributed by atoms with Crippen LogP contribution in [0.3, 0.4) is 0 Å². The molecule has 9 heteroatoms. The van der Waals surface area contributed by atoms with Crippen molar-refractivity contribution in [3.63, 3.8) is 0 Å². The molecule has 1 heterocycles. The smallest absolute Gasteiger partial charge is 0.275 e. The van der Waals surface area contributed by atoms with Gasteiger partial charge in [-0.2, -0.15) is 0 Å². The number of nitrogens with one attached hydrogen (secondary N) is 2. The van der Waals surface area contributed by atoms with E-state index in [2.05, 4.69) is 12.2 Å². The van der Waals surface area contributed by atoms with Crippen molar-refractivity contribution >= 4 is 17.7 Å². The molecule has 32 heavy (non-hydrogen) atoms. The van der Waals surface area contributed by atoms with Crippen LogP contribution in [0.15, 0.2) is 48.5 Å². The van der Waals surface area contributed by atoms with Crippen LogP contribution >= 0.6 is 0 Å². The summed E-state index contributed by atoms with van der Waals surface area (Å²) >= 11 is 0. The van der Waals surface area contributed by atoms with E-state index in [1.54, 1.807) is 24.3 Å². The second-order valence-corrected chi connectivity index (χ2v) is 8.10. The highest BCUT2D eigenvalue weighted by Gasteiger charge is 2.34. The highest BCUT2D eigenvalue weighted by Crippen LogP contribution is 2.28. The van der Waals surface area contributed by atoms with Crippen molar-refractivity contribution in [2.75, 3.05) is 33.9 Å². The first-order valence-corrected chi connectivity index (χ1v) is 10.1. The van der Waals surface area contributed by atoms with Gasteiger partial charge in [-0.25, -0.2) is 5.48 Å². The summed E-state index contributed by atoms with van der Waals surface area (Å²) in [5.41, 5.74) is 3.63. The maximum absolute atomic E-state index is 12.8. The number of ether oxygens (including phenoxy) is 2. The van der Waals surface area contributed by atoms with Gasteiger partial charge in [-0.15, -0.1) is 0 Å². The highest BCUT2D eigenvalue weighted by atomic mass is 16.5. The van der Waals surface area contributed by atoms with Crippen LogP contribution < -0.4 is 15.5 Å². The molecule has 3 N–H and O–H groups in total. The summed E-state index contributed by atoms with van der Waals surface area (Å²) in [6.45, 7) is 4.14. The van der Waals surface area contributed by atoms with Crippen molar-refractivity contribution in [2.45, 2.75) is 13.0 Å². The predicted octanol–water partition coefficient (Wildman–Crippen LogP) is 1.46. The Kier molecular flexibility index (Phi) is 7.12. The summed E-state index contributed by atoms with van der Waals surface area (Å²) < 4.78 is 11.1. The van der Waals surface area contributed by atoms with Gasteiger partial charge in [0.15, 0.2) is 6.04 Å². The largest absolute Gasteiger partial charge is 0.493 e. The first-order chi connectivity index (χ1) is 15.3. The van der Waals surface area contributed by atoms with E-state index in [0.717, 1.165) is 21.8 Å². The summed E-state index contributed by atoms with van der Waals surface area (Å²) in [6.07, 6.45) is 0. The topological polar surface area (TPSA) is 117 Å². The van der Waals surface area contributed by atoms with Crippen molar-refractivity contribution in [3.8, 4) is 16.9 Å². The lowest BCUT2D eigenvalue weighted by molar-refractivity contribution is -0.140. The molecule has 3 rings (SSSR count). The molecule has 2 aromatic rings. The van der Waals surface area contributed by atoms with Gasteiger partial charge in [-0.05, 0) is 35.4 Å². The molecule has 1 unspecified atom stereocenters. The van der Waals surface area contributed by atoms with E-state index in [1.165, 1.54) is 19.6 Å². The number of nitrogens with zero attached hydrogens (tertiary/aromatic N) is 1. The molecule has 1 aliphatic heterocycles. The Morgan fingerprint density at radius 2 is 1.62 bits per heavy atom. The minimum Gasteiger partial charge on any atom is -0.493 e. The Bertz CT molecular complexity index is 954. The Morgan fingerprint density at radius 3 is 2.09 bits per heavy atom. The van der Waals surface area contributed by atoms with Gasteiger partial charge in [-0.3, -0.25) is 19.6 Å². The Morgan fingerprint density at radius 1 is 1.06 bits per heavy atom. The minimum atomic E-state index is -1.50. The molecule has 1 atom stereocenters. The molecule has 2 aromatic carbocycles. The maximum Gasteiger partial charge on any atom is 0.275 e. The number of amides is 3. The number of benzene rings is 2. The van der Waals surface area contributed by atoms with E-state index in [-0.39, 0.29) is 5.41 Å². The van der Waals surface area contributed by atoms with Crippen molar-refractivity contribution in [2.24, 2.45) is 5.41 Å². The molecular weight excluding hydrogens is 414 g/mol. The molecule has 1 fully saturated rings. The number of hydrogen-bond donors (Lipinski definition) is 3. The van der Waals surface area contributed by atoms with Crippen molar-refractivity contribution in [3.05, 3.63) is 54.1 Å². The monoisotopic (exact) mass is 441 g/mol. The van der Waals surface area contributed by atoms with Gasteiger partial charge in [0.05, 0.1) is 19.8 Å². The zero-order chi connectivity index (χ0) is 23.3. The van der Waals surface area contributed by atoms with Crippen LogP contribution in [0.5, 0.6) is 5.75 Å². The minimum absolute atomic E-state index is 0.0723. The summed E-state index contributed by atoms with van der Waals surface area (Å²) in [4.78, 5) is 37.6. The third kappa shape index (κ3) is 5.06. The third-order valence-corrected chi connectivity index (χ3v) is 5.37. The Balaban J connectivity index is 1.67. The average Bonchev–Trinajstić information content (AvgIpc) is 2.81. The van der Waals surface area contributed by atoms with E-state index in [9.17, 15) is 14.4 Å². The molecule has 0 aliphatic carbocycles. The lowest BCUT2D eigenvalue weighted by atomic mass is 9.90. The fourth-order valence-corrected chi connectivity index (χ4v) is 3.33. The fourth-order valence-electron chi connectivity index (χ4n) is 3.33. The summed E-state index contributed by atoms with van der Waals surface area (Å²) in [7, 11) is 2.66. The van der Waals surface area contributed by atoms with E-state index in [4.69, 9.17) is 14.7 Å². The van der Waals surface area contributed by atoms with Gasteiger partial charge in [0.25, 0.3) is 17.7 Å². The first-order valence-electron chi connectivity index (χ1n) is 10.1. The van der Waals surface area contributed by atoms with Crippen LogP contribution in [-0.4, -0.2) is 67.8 Å². The number of carbonyl (C=O) groups excluding carboxylic acids is 3. The number of hydroxylamine groups is 1. The van der Waals surface area contributed by atoms with E-state index in [0.29, 0.717) is 25.4 Å². The number of rotatable bonds is 8. The molecule has 9 nitrogen and oxygen atoms in total. The van der Waals surface area contributed by atoms with Crippen LogP contribution in [-0.2, 0) is 14.3 Å². The number of likely N-dealkylation sites (N-methyl/N-ethyl adjacent to an activating group) is 2. The number of hydrogen-bond acceptors (Lipinski definition) is 6. The summed E-state index contributed by atoms with van der Waals surface area (Å²) in [5, 5.41) is 11.2. The van der Waals surface area contributed by atoms with Crippen LogP contribution in [0.25, 0.3) is 11.1 Å². The van der Waals surface area contributed by atoms with E-state index < -0.39 is 23.8 Å². The van der Waals surface area contributed by atoms with Crippen LogP contribution in [0.4, 0.5) is 0 Å².